The monoisotopic (exact) mass is 242 g/mol. The zero-order valence-electron chi connectivity index (χ0n) is 10.5. The number of aliphatic hydroxyl groups is 2. The van der Waals surface area contributed by atoms with Crippen LogP contribution >= 0.6 is 0 Å². The van der Waals surface area contributed by atoms with E-state index in [1.54, 1.807) is 0 Å². The first kappa shape index (κ1) is 12.8. The molecule has 0 heterocycles. The number of hydrogen-bond donors (Lipinski definition) is 2. The van der Waals surface area contributed by atoms with E-state index in [1.165, 1.54) is 0 Å². The van der Waals surface area contributed by atoms with Gasteiger partial charge in [0.1, 0.15) is 5.60 Å². The lowest BCUT2D eigenvalue weighted by molar-refractivity contribution is -0.00130. The largest absolute Gasteiger partial charge is 0.396 e. The fraction of sp³-hybridized carbons (Fsp3) is 0.250. The quantitative estimate of drug-likeness (QED) is 0.865. The fourth-order valence-corrected chi connectivity index (χ4v) is 2.25. The molecule has 0 aliphatic rings. The molecule has 2 nitrogen and oxygen atoms in total. The molecule has 2 heteroatoms. The van der Waals surface area contributed by atoms with Crippen LogP contribution in [0.15, 0.2) is 60.7 Å². The minimum Gasteiger partial charge on any atom is -0.396 e. The van der Waals surface area contributed by atoms with Crippen LogP contribution in [0.1, 0.15) is 18.1 Å². The maximum absolute atomic E-state index is 11.1. The molecule has 2 N–H and O–H groups in total. The second kappa shape index (κ2) is 5.34. The summed E-state index contributed by atoms with van der Waals surface area (Å²) in [6.45, 7) is 1.78. The summed E-state index contributed by atoms with van der Waals surface area (Å²) >= 11 is 0. The average Bonchev–Trinajstić information content (AvgIpc) is 2.47. The molecule has 0 saturated heterocycles. The van der Waals surface area contributed by atoms with Gasteiger partial charge in [-0.3, -0.25) is 0 Å². The Labute approximate surface area is 108 Å². The molecule has 94 valence electrons. The van der Waals surface area contributed by atoms with Crippen LogP contribution in [0.2, 0.25) is 0 Å². The van der Waals surface area contributed by atoms with E-state index in [2.05, 4.69) is 0 Å². The van der Waals surface area contributed by atoms with Crippen LogP contribution < -0.4 is 0 Å². The molecular formula is C16H18O2. The van der Waals surface area contributed by atoms with Crippen molar-refractivity contribution in [3.8, 4) is 0 Å². The molecule has 1 unspecified atom stereocenters. The van der Waals surface area contributed by atoms with Crippen LogP contribution in [-0.2, 0) is 5.60 Å². The topological polar surface area (TPSA) is 40.5 Å². The second-order valence-corrected chi connectivity index (χ2v) is 4.58. The van der Waals surface area contributed by atoms with E-state index in [4.69, 9.17) is 0 Å². The van der Waals surface area contributed by atoms with Gasteiger partial charge < -0.3 is 10.2 Å². The summed E-state index contributed by atoms with van der Waals surface area (Å²) < 4.78 is 0. The number of aliphatic hydroxyl groups excluding tert-OH is 1. The van der Waals surface area contributed by atoms with E-state index in [-0.39, 0.29) is 12.5 Å². The van der Waals surface area contributed by atoms with Crippen LogP contribution in [0.4, 0.5) is 0 Å². The Morgan fingerprint density at radius 2 is 1.28 bits per heavy atom. The Morgan fingerprint density at radius 1 is 0.889 bits per heavy atom. The SMILES string of the molecule is CC(CO)C(O)(c1ccccc1)c1ccccc1. The summed E-state index contributed by atoms with van der Waals surface area (Å²) in [7, 11) is 0. The summed E-state index contributed by atoms with van der Waals surface area (Å²) in [5.41, 5.74) is 0.451. The second-order valence-electron chi connectivity index (χ2n) is 4.58. The number of benzene rings is 2. The van der Waals surface area contributed by atoms with Gasteiger partial charge in [-0.25, -0.2) is 0 Å². The molecule has 0 amide bonds. The lowest BCUT2D eigenvalue weighted by Crippen LogP contribution is -2.36. The van der Waals surface area contributed by atoms with Gasteiger partial charge in [0, 0.05) is 12.5 Å². The Hall–Kier alpha value is -1.64. The van der Waals surface area contributed by atoms with Crippen molar-refractivity contribution in [2.75, 3.05) is 6.61 Å². The molecule has 0 bridgehead atoms. The van der Waals surface area contributed by atoms with E-state index in [0.717, 1.165) is 11.1 Å². The normalized spacial score (nSPS) is 13.3. The molecule has 0 aromatic heterocycles. The predicted octanol–water partition coefficient (Wildman–Crippen LogP) is 2.55. The average molecular weight is 242 g/mol. The van der Waals surface area contributed by atoms with Gasteiger partial charge in [-0.1, -0.05) is 67.6 Å². The molecule has 2 aromatic carbocycles. The maximum atomic E-state index is 11.1. The molecule has 2 rings (SSSR count). The van der Waals surface area contributed by atoms with E-state index in [9.17, 15) is 10.2 Å². The molecule has 0 aliphatic heterocycles. The summed E-state index contributed by atoms with van der Waals surface area (Å²) in [5, 5.41) is 20.5. The van der Waals surface area contributed by atoms with Crippen molar-refractivity contribution in [1.82, 2.24) is 0 Å². The van der Waals surface area contributed by atoms with Crippen molar-refractivity contribution in [2.24, 2.45) is 5.92 Å². The first-order valence-electron chi connectivity index (χ1n) is 6.14. The molecule has 0 aliphatic carbocycles. The lowest BCUT2D eigenvalue weighted by atomic mass is 9.77. The van der Waals surface area contributed by atoms with Gasteiger partial charge >= 0.3 is 0 Å². The zero-order valence-corrected chi connectivity index (χ0v) is 10.5. The zero-order chi connectivity index (χ0) is 13.0. The number of rotatable bonds is 4. The van der Waals surface area contributed by atoms with E-state index in [0.29, 0.717) is 0 Å². The molecule has 0 fully saturated rings. The van der Waals surface area contributed by atoms with Crippen LogP contribution in [0.5, 0.6) is 0 Å². The van der Waals surface area contributed by atoms with Crippen molar-refractivity contribution < 1.29 is 10.2 Å². The molecular weight excluding hydrogens is 224 g/mol. The van der Waals surface area contributed by atoms with Gasteiger partial charge in [-0.15, -0.1) is 0 Å². The Bertz CT molecular complexity index is 439. The Kier molecular flexibility index (Phi) is 3.80. The first-order valence-corrected chi connectivity index (χ1v) is 6.14. The van der Waals surface area contributed by atoms with Gasteiger partial charge in [-0.05, 0) is 11.1 Å². The lowest BCUT2D eigenvalue weighted by Gasteiger charge is -2.34. The number of hydrogen-bond acceptors (Lipinski definition) is 2. The third kappa shape index (κ3) is 2.17. The van der Waals surface area contributed by atoms with Crippen molar-refractivity contribution in [3.05, 3.63) is 71.8 Å². The predicted molar refractivity (Wildman–Crippen MR) is 72.1 cm³/mol. The minimum absolute atomic E-state index is 0.0692. The van der Waals surface area contributed by atoms with Gasteiger partial charge in [0.15, 0.2) is 0 Å². The molecule has 0 spiro atoms. The van der Waals surface area contributed by atoms with Crippen molar-refractivity contribution in [3.63, 3.8) is 0 Å². The molecule has 2 aromatic rings. The molecule has 0 radical (unpaired) electrons. The van der Waals surface area contributed by atoms with Gasteiger partial charge in [0.05, 0.1) is 0 Å². The smallest absolute Gasteiger partial charge is 0.119 e. The van der Waals surface area contributed by atoms with E-state index >= 15 is 0 Å². The van der Waals surface area contributed by atoms with Crippen LogP contribution in [0.25, 0.3) is 0 Å². The molecule has 0 saturated carbocycles. The van der Waals surface area contributed by atoms with Gasteiger partial charge in [-0.2, -0.15) is 0 Å². The van der Waals surface area contributed by atoms with Gasteiger partial charge in [0.25, 0.3) is 0 Å². The summed E-state index contributed by atoms with van der Waals surface area (Å²) in [4.78, 5) is 0. The molecule has 1 atom stereocenters. The maximum Gasteiger partial charge on any atom is 0.119 e. The summed E-state index contributed by atoms with van der Waals surface area (Å²) in [6, 6.07) is 19.0. The highest BCUT2D eigenvalue weighted by Gasteiger charge is 2.36. The highest BCUT2D eigenvalue weighted by atomic mass is 16.3. The first-order chi connectivity index (χ1) is 8.69. The minimum atomic E-state index is -1.16. The van der Waals surface area contributed by atoms with Gasteiger partial charge in [0.2, 0.25) is 0 Å². The van der Waals surface area contributed by atoms with Crippen molar-refractivity contribution in [2.45, 2.75) is 12.5 Å². The third-order valence-corrected chi connectivity index (χ3v) is 3.41. The third-order valence-electron chi connectivity index (χ3n) is 3.41. The van der Waals surface area contributed by atoms with E-state index in [1.807, 2.05) is 67.6 Å². The fourth-order valence-electron chi connectivity index (χ4n) is 2.25. The van der Waals surface area contributed by atoms with Crippen LogP contribution in [0.3, 0.4) is 0 Å². The standard InChI is InChI=1S/C16H18O2/c1-13(12-17)16(18,14-8-4-2-5-9-14)15-10-6-3-7-11-15/h2-11,13,17-18H,12H2,1H3. The summed E-state index contributed by atoms with van der Waals surface area (Å²) in [5.74, 6) is -0.276. The highest BCUT2D eigenvalue weighted by Crippen LogP contribution is 2.36. The van der Waals surface area contributed by atoms with Crippen molar-refractivity contribution >= 4 is 0 Å². The molecule has 18 heavy (non-hydrogen) atoms. The highest BCUT2D eigenvalue weighted by molar-refractivity contribution is 5.36. The van der Waals surface area contributed by atoms with Crippen LogP contribution in [0, 0.1) is 5.92 Å². The Morgan fingerprint density at radius 3 is 1.61 bits per heavy atom. The van der Waals surface area contributed by atoms with Crippen LogP contribution in [-0.4, -0.2) is 16.8 Å². The van der Waals surface area contributed by atoms with E-state index < -0.39 is 5.60 Å². The van der Waals surface area contributed by atoms with Crippen molar-refractivity contribution in [1.29, 1.82) is 0 Å². The summed E-state index contributed by atoms with van der Waals surface area (Å²) in [6.07, 6.45) is 0. The Balaban J connectivity index is 2.55.